The zero-order valence-electron chi connectivity index (χ0n) is 14.7. The molecule has 0 heterocycles. The van der Waals surface area contributed by atoms with Crippen molar-refractivity contribution in [2.75, 3.05) is 6.61 Å². The van der Waals surface area contributed by atoms with Gasteiger partial charge in [-0.05, 0) is 43.9 Å². The second kappa shape index (κ2) is 5.48. The highest BCUT2D eigenvalue weighted by Gasteiger charge is 2.66. The molecule has 2 saturated carbocycles. The standard InChI is InChI=1S/C18H32O4/c1-13(19)22-12-11-18(21)16(4)9-6-8-15(2,3)14(16)7-10-17(18,5)20/h14,20-21H,6-12H2,1-5H3/t14-,16-,17+,18-/m0/s1. The summed E-state index contributed by atoms with van der Waals surface area (Å²) < 4.78 is 5.07. The van der Waals surface area contributed by atoms with Crippen LogP contribution in [0, 0.1) is 16.7 Å². The van der Waals surface area contributed by atoms with Crippen LogP contribution in [0.1, 0.15) is 73.1 Å². The Labute approximate surface area is 134 Å². The number of rotatable bonds is 3. The maximum absolute atomic E-state index is 11.6. The van der Waals surface area contributed by atoms with E-state index in [2.05, 4.69) is 20.8 Å². The summed E-state index contributed by atoms with van der Waals surface area (Å²) in [5.74, 6) is 0.0287. The SMILES string of the molecule is CC(=O)OCC[C@]1(O)[C@@]2(C)CCCC(C)(C)[C@@H]2CC[C@@]1(C)O. The number of ether oxygens (including phenoxy) is 1. The maximum Gasteiger partial charge on any atom is 0.302 e. The number of esters is 1. The minimum absolute atomic E-state index is 0.157. The molecule has 4 heteroatoms. The van der Waals surface area contributed by atoms with E-state index in [0.29, 0.717) is 18.8 Å². The first-order chi connectivity index (χ1) is 9.96. The fourth-order valence-corrected chi connectivity index (χ4v) is 5.47. The Kier molecular flexibility index (Phi) is 4.42. The van der Waals surface area contributed by atoms with E-state index >= 15 is 0 Å². The largest absolute Gasteiger partial charge is 0.466 e. The molecule has 2 rings (SSSR count). The molecule has 4 nitrogen and oxygen atoms in total. The van der Waals surface area contributed by atoms with E-state index in [0.717, 1.165) is 25.7 Å². The molecular weight excluding hydrogens is 280 g/mol. The van der Waals surface area contributed by atoms with E-state index in [1.165, 1.54) is 6.92 Å². The van der Waals surface area contributed by atoms with Gasteiger partial charge in [-0.1, -0.05) is 27.2 Å². The Morgan fingerprint density at radius 1 is 1.14 bits per heavy atom. The Hall–Kier alpha value is -0.610. The van der Waals surface area contributed by atoms with Gasteiger partial charge in [0.2, 0.25) is 0 Å². The molecule has 0 aromatic carbocycles. The summed E-state index contributed by atoms with van der Waals surface area (Å²) in [6.45, 7) is 9.95. The van der Waals surface area contributed by atoms with Gasteiger partial charge in [0, 0.05) is 18.8 Å². The molecule has 0 amide bonds. The Morgan fingerprint density at radius 3 is 2.36 bits per heavy atom. The first-order valence-corrected chi connectivity index (χ1v) is 8.54. The lowest BCUT2D eigenvalue weighted by Crippen LogP contribution is -2.70. The molecule has 0 aromatic rings. The van der Waals surface area contributed by atoms with Crippen molar-refractivity contribution in [2.45, 2.75) is 84.3 Å². The summed E-state index contributed by atoms with van der Waals surface area (Å²) in [5, 5.41) is 22.5. The van der Waals surface area contributed by atoms with Crippen molar-refractivity contribution in [1.82, 2.24) is 0 Å². The molecule has 2 fully saturated rings. The van der Waals surface area contributed by atoms with Crippen LogP contribution >= 0.6 is 0 Å². The average Bonchev–Trinajstić information content (AvgIpc) is 2.34. The van der Waals surface area contributed by atoms with Crippen LogP contribution in [0.25, 0.3) is 0 Å². The quantitative estimate of drug-likeness (QED) is 0.786. The highest BCUT2D eigenvalue weighted by molar-refractivity contribution is 5.65. The third-order valence-corrected chi connectivity index (χ3v) is 6.75. The molecule has 0 aliphatic heterocycles. The minimum Gasteiger partial charge on any atom is -0.466 e. The van der Waals surface area contributed by atoms with E-state index in [9.17, 15) is 15.0 Å². The van der Waals surface area contributed by atoms with Gasteiger partial charge < -0.3 is 14.9 Å². The molecule has 4 atom stereocenters. The highest BCUT2D eigenvalue weighted by atomic mass is 16.5. The molecule has 22 heavy (non-hydrogen) atoms. The number of fused-ring (bicyclic) bond motifs is 1. The molecule has 0 aromatic heterocycles. The van der Waals surface area contributed by atoms with Crippen molar-refractivity contribution in [3.05, 3.63) is 0 Å². The third-order valence-electron chi connectivity index (χ3n) is 6.75. The zero-order valence-corrected chi connectivity index (χ0v) is 14.7. The molecule has 0 spiro atoms. The van der Waals surface area contributed by atoms with Crippen molar-refractivity contribution in [1.29, 1.82) is 0 Å². The number of aliphatic hydroxyl groups is 2. The number of hydrogen-bond acceptors (Lipinski definition) is 4. The predicted molar refractivity (Wildman–Crippen MR) is 85.3 cm³/mol. The van der Waals surface area contributed by atoms with Crippen molar-refractivity contribution in [3.8, 4) is 0 Å². The third kappa shape index (κ3) is 2.58. The van der Waals surface area contributed by atoms with Gasteiger partial charge in [0.15, 0.2) is 0 Å². The van der Waals surface area contributed by atoms with Crippen molar-refractivity contribution in [3.63, 3.8) is 0 Å². The summed E-state index contributed by atoms with van der Waals surface area (Å²) >= 11 is 0. The van der Waals surface area contributed by atoms with Crippen molar-refractivity contribution >= 4 is 5.97 Å². The molecule has 0 bridgehead atoms. The minimum atomic E-state index is -1.23. The number of hydrogen-bond donors (Lipinski definition) is 2. The van der Waals surface area contributed by atoms with Gasteiger partial charge in [-0.3, -0.25) is 4.79 Å². The van der Waals surface area contributed by atoms with Crippen LogP contribution in [0.2, 0.25) is 0 Å². The molecule has 2 N–H and O–H groups in total. The summed E-state index contributed by atoms with van der Waals surface area (Å²) in [6, 6.07) is 0. The molecule has 2 aliphatic carbocycles. The van der Waals surface area contributed by atoms with E-state index < -0.39 is 11.2 Å². The summed E-state index contributed by atoms with van der Waals surface area (Å²) in [7, 11) is 0. The normalized spacial score (nSPS) is 44.2. The van der Waals surface area contributed by atoms with Gasteiger partial charge >= 0.3 is 5.97 Å². The van der Waals surface area contributed by atoms with Gasteiger partial charge in [0.05, 0.1) is 12.2 Å². The monoisotopic (exact) mass is 312 g/mol. The first kappa shape index (κ1) is 17.7. The number of carbonyl (C=O) groups excluding carboxylic acids is 1. The number of carbonyl (C=O) groups is 1. The first-order valence-electron chi connectivity index (χ1n) is 8.54. The fourth-order valence-electron chi connectivity index (χ4n) is 5.47. The van der Waals surface area contributed by atoms with Crippen LogP contribution < -0.4 is 0 Å². The smallest absolute Gasteiger partial charge is 0.302 e. The topological polar surface area (TPSA) is 66.8 Å². The summed E-state index contributed by atoms with van der Waals surface area (Å²) in [5.41, 5.74) is -2.56. The van der Waals surface area contributed by atoms with Gasteiger partial charge in [0.25, 0.3) is 0 Å². The van der Waals surface area contributed by atoms with E-state index in [1.807, 2.05) is 0 Å². The van der Waals surface area contributed by atoms with E-state index in [-0.39, 0.29) is 23.4 Å². The molecule has 2 aliphatic rings. The van der Waals surface area contributed by atoms with Gasteiger partial charge in [-0.25, -0.2) is 0 Å². The van der Waals surface area contributed by atoms with Crippen LogP contribution in [0.5, 0.6) is 0 Å². The lowest BCUT2D eigenvalue weighted by atomic mass is 9.43. The van der Waals surface area contributed by atoms with Gasteiger partial charge in [0.1, 0.15) is 5.60 Å². The molecule has 0 saturated heterocycles. The molecular formula is C18H32O4. The molecule has 0 unspecified atom stereocenters. The van der Waals surface area contributed by atoms with Gasteiger partial charge in [-0.2, -0.15) is 0 Å². The van der Waals surface area contributed by atoms with Crippen LogP contribution in [0.3, 0.4) is 0 Å². The van der Waals surface area contributed by atoms with E-state index in [4.69, 9.17) is 4.74 Å². The lowest BCUT2D eigenvalue weighted by molar-refractivity contribution is -0.276. The second-order valence-electron chi connectivity index (χ2n) is 8.58. The Balaban J connectivity index is 2.35. The van der Waals surface area contributed by atoms with Crippen LogP contribution in [0.15, 0.2) is 0 Å². The fraction of sp³-hybridized carbons (Fsp3) is 0.944. The Morgan fingerprint density at radius 2 is 1.77 bits per heavy atom. The van der Waals surface area contributed by atoms with E-state index in [1.54, 1.807) is 6.92 Å². The van der Waals surface area contributed by atoms with Crippen LogP contribution in [-0.4, -0.2) is 34.0 Å². The zero-order chi connectivity index (χ0) is 16.8. The molecule has 128 valence electrons. The maximum atomic E-state index is 11.6. The lowest BCUT2D eigenvalue weighted by Gasteiger charge is -2.65. The van der Waals surface area contributed by atoms with Crippen molar-refractivity contribution < 1.29 is 19.7 Å². The summed E-state index contributed by atoms with van der Waals surface area (Å²) in [6.07, 6.45) is 4.96. The Bertz CT molecular complexity index is 442. The van der Waals surface area contributed by atoms with Gasteiger partial charge in [-0.15, -0.1) is 0 Å². The summed E-state index contributed by atoms with van der Waals surface area (Å²) in [4.78, 5) is 11.1. The average molecular weight is 312 g/mol. The van der Waals surface area contributed by atoms with Crippen molar-refractivity contribution in [2.24, 2.45) is 16.7 Å². The second-order valence-corrected chi connectivity index (χ2v) is 8.58. The highest BCUT2D eigenvalue weighted by Crippen LogP contribution is 2.64. The molecule has 0 radical (unpaired) electrons. The van der Waals surface area contributed by atoms with Crippen LogP contribution in [0.4, 0.5) is 0 Å². The predicted octanol–water partition coefficient (Wildman–Crippen LogP) is 3.05. The van der Waals surface area contributed by atoms with Crippen LogP contribution in [-0.2, 0) is 9.53 Å².